The molecule has 0 radical (unpaired) electrons. The molecule has 0 unspecified atom stereocenters. The summed E-state index contributed by atoms with van der Waals surface area (Å²) >= 11 is 0. The van der Waals surface area contributed by atoms with Gasteiger partial charge in [0, 0.05) is 11.1 Å². The number of hydrogen-bond donors (Lipinski definition) is 0. The van der Waals surface area contributed by atoms with E-state index < -0.39 is 0 Å². The van der Waals surface area contributed by atoms with Gasteiger partial charge in [-0.15, -0.1) is 0 Å². The first kappa shape index (κ1) is 18.8. The van der Waals surface area contributed by atoms with Gasteiger partial charge in [0.2, 0.25) is 17.6 Å². The topological polar surface area (TPSA) is 59.2 Å². The van der Waals surface area contributed by atoms with Crippen molar-refractivity contribution in [3.63, 3.8) is 0 Å². The summed E-state index contributed by atoms with van der Waals surface area (Å²) in [6, 6.07) is 17.7. The molecular formula is C22H25N3O2. The molecule has 0 fully saturated rings. The number of amides is 1. The molecule has 0 bridgehead atoms. The molecule has 0 aliphatic rings. The summed E-state index contributed by atoms with van der Waals surface area (Å²) in [5.74, 6) is 0.997. The zero-order valence-corrected chi connectivity index (χ0v) is 16.3. The summed E-state index contributed by atoms with van der Waals surface area (Å²) < 4.78 is 5.41. The minimum absolute atomic E-state index is 0.0332. The lowest BCUT2D eigenvalue weighted by Gasteiger charge is -2.34. The van der Waals surface area contributed by atoms with Gasteiger partial charge < -0.3 is 9.42 Å². The summed E-state index contributed by atoms with van der Waals surface area (Å²) in [6.45, 7) is 8.35. The molecule has 0 atom stereocenters. The smallest absolute Gasteiger partial charge is 0.246 e. The SMILES string of the molecule is Cc1ccc(CC(=O)N(Cc2nc(-c3ccccc3)no2)C(C)(C)C)cc1. The Bertz CT molecular complexity index is 893. The van der Waals surface area contributed by atoms with E-state index in [1.807, 2.05) is 82.3 Å². The fraction of sp³-hybridized carbons (Fsp3) is 0.318. The van der Waals surface area contributed by atoms with E-state index in [2.05, 4.69) is 10.1 Å². The van der Waals surface area contributed by atoms with Gasteiger partial charge in [-0.2, -0.15) is 4.98 Å². The van der Waals surface area contributed by atoms with Crippen LogP contribution in [-0.2, 0) is 17.8 Å². The Hall–Kier alpha value is -2.95. The number of carbonyl (C=O) groups is 1. The van der Waals surface area contributed by atoms with E-state index in [0.29, 0.717) is 18.1 Å². The average Bonchev–Trinajstić information content (AvgIpc) is 3.10. The fourth-order valence-corrected chi connectivity index (χ4v) is 2.83. The minimum atomic E-state index is -0.358. The van der Waals surface area contributed by atoms with Crippen LogP contribution in [0.4, 0.5) is 0 Å². The van der Waals surface area contributed by atoms with Crippen molar-refractivity contribution in [3.05, 3.63) is 71.6 Å². The average molecular weight is 363 g/mol. The second-order valence-electron chi connectivity index (χ2n) is 7.69. The van der Waals surface area contributed by atoms with Crippen LogP contribution in [0.1, 0.15) is 37.8 Å². The van der Waals surface area contributed by atoms with E-state index in [4.69, 9.17) is 4.52 Å². The molecule has 1 aromatic heterocycles. The van der Waals surface area contributed by atoms with Crippen LogP contribution in [0.25, 0.3) is 11.4 Å². The molecule has 5 heteroatoms. The lowest BCUT2D eigenvalue weighted by molar-refractivity contribution is -0.136. The molecule has 140 valence electrons. The van der Waals surface area contributed by atoms with Crippen LogP contribution in [0, 0.1) is 6.92 Å². The van der Waals surface area contributed by atoms with Crippen molar-refractivity contribution < 1.29 is 9.32 Å². The number of nitrogens with zero attached hydrogens (tertiary/aromatic N) is 3. The summed E-state index contributed by atoms with van der Waals surface area (Å²) in [4.78, 5) is 19.2. The predicted octanol–water partition coefficient (Wildman–Crippen LogP) is 4.41. The van der Waals surface area contributed by atoms with Gasteiger partial charge in [0.15, 0.2) is 0 Å². The third-order valence-corrected chi connectivity index (χ3v) is 4.38. The van der Waals surface area contributed by atoms with E-state index in [9.17, 15) is 4.79 Å². The van der Waals surface area contributed by atoms with Crippen molar-refractivity contribution >= 4 is 5.91 Å². The van der Waals surface area contributed by atoms with Crippen LogP contribution in [0.3, 0.4) is 0 Å². The van der Waals surface area contributed by atoms with Crippen molar-refractivity contribution in [2.75, 3.05) is 0 Å². The Kier molecular flexibility index (Phi) is 5.40. The summed E-state index contributed by atoms with van der Waals surface area (Å²) in [5.41, 5.74) is 2.71. The maximum atomic E-state index is 13.0. The van der Waals surface area contributed by atoms with E-state index in [0.717, 1.165) is 11.1 Å². The Balaban J connectivity index is 1.76. The molecule has 3 rings (SSSR count). The van der Waals surface area contributed by atoms with Crippen molar-refractivity contribution in [2.45, 2.75) is 46.2 Å². The molecule has 1 amide bonds. The molecule has 0 spiro atoms. The zero-order valence-electron chi connectivity index (χ0n) is 16.3. The summed E-state index contributed by atoms with van der Waals surface area (Å²) in [5, 5.41) is 4.05. The zero-order chi connectivity index (χ0) is 19.4. The maximum absolute atomic E-state index is 13.0. The van der Waals surface area contributed by atoms with Gasteiger partial charge in [0.1, 0.15) is 6.54 Å². The number of aromatic nitrogens is 2. The molecule has 0 saturated carbocycles. The van der Waals surface area contributed by atoms with Gasteiger partial charge in [-0.05, 0) is 33.3 Å². The van der Waals surface area contributed by atoms with Crippen molar-refractivity contribution in [2.24, 2.45) is 0 Å². The van der Waals surface area contributed by atoms with Crippen molar-refractivity contribution in [1.82, 2.24) is 15.0 Å². The lowest BCUT2D eigenvalue weighted by Crippen LogP contribution is -2.45. The molecule has 27 heavy (non-hydrogen) atoms. The molecule has 5 nitrogen and oxygen atoms in total. The maximum Gasteiger partial charge on any atom is 0.246 e. The Labute approximate surface area is 160 Å². The Morgan fingerprint density at radius 1 is 1.04 bits per heavy atom. The minimum Gasteiger partial charge on any atom is -0.337 e. The monoisotopic (exact) mass is 363 g/mol. The highest BCUT2D eigenvalue weighted by atomic mass is 16.5. The van der Waals surface area contributed by atoms with Crippen LogP contribution >= 0.6 is 0 Å². The first-order valence-electron chi connectivity index (χ1n) is 9.07. The molecule has 3 aromatic rings. The van der Waals surface area contributed by atoms with Gasteiger partial charge in [0.05, 0.1) is 6.42 Å². The third kappa shape index (κ3) is 4.82. The van der Waals surface area contributed by atoms with Crippen LogP contribution in [0.5, 0.6) is 0 Å². The molecule has 0 aliphatic heterocycles. The van der Waals surface area contributed by atoms with E-state index in [1.54, 1.807) is 4.90 Å². The van der Waals surface area contributed by atoms with Crippen LogP contribution < -0.4 is 0 Å². The molecule has 2 aromatic carbocycles. The molecule has 1 heterocycles. The molecule has 0 saturated heterocycles. The normalized spacial score (nSPS) is 11.4. The van der Waals surface area contributed by atoms with Crippen molar-refractivity contribution in [1.29, 1.82) is 0 Å². The highest BCUT2D eigenvalue weighted by molar-refractivity contribution is 5.79. The predicted molar refractivity (Wildman–Crippen MR) is 105 cm³/mol. The molecule has 0 N–H and O–H groups in total. The van der Waals surface area contributed by atoms with E-state index in [1.165, 1.54) is 5.56 Å². The molecule has 0 aliphatic carbocycles. The van der Waals surface area contributed by atoms with Gasteiger partial charge in [0.25, 0.3) is 0 Å². The standard InChI is InChI=1S/C22H25N3O2/c1-16-10-12-17(13-11-16)14-20(26)25(22(2,3)4)15-19-23-21(24-27-19)18-8-6-5-7-9-18/h5-13H,14-15H2,1-4H3. The van der Waals surface area contributed by atoms with Gasteiger partial charge in [-0.25, -0.2) is 0 Å². The van der Waals surface area contributed by atoms with Crippen molar-refractivity contribution in [3.8, 4) is 11.4 Å². The van der Waals surface area contributed by atoms with Crippen LogP contribution in [0.15, 0.2) is 59.1 Å². The van der Waals surface area contributed by atoms with E-state index >= 15 is 0 Å². The van der Waals surface area contributed by atoms with E-state index in [-0.39, 0.29) is 18.0 Å². The fourth-order valence-electron chi connectivity index (χ4n) is 2.83. The number of rotatable bonds is 5. The van der Waals surface area contributed by atoms with Crippen LogP contribution in [0.2, 0.25) is 0 Å². The largest absolute Gasteiger partial charge is 0.337 e. The highest BCUT2D eigenvalue weighted by Crippen LogP contribution is 2.21. The quantitative estimate of drug-likeness (QED) is 0.673. The number of aryl methyl sites for hydroxylation is 1. The summed E-state index contributed by atoms with van der Waals surface area (Å²) in [7, 11) is 0. The Morgan fingerprint density at radius 3 is 2.33 bits per heavy atom. The highest BCUT2D eigenvalue weighted by Gasteiger charge is 2.28. The number of carbonyl (C=O) groups excluding carboxylic acids is 1. The van der Waals surface area contributed by atoms with Gasteiger partial charge in [-0.3, -0.25) is 4.79 Å². The van der Waals surface area contributed by atoms with Gasteiger partial charge in [-0.1, -0.05) is 65.3 Å². The third-order valence-electron chi connectivity index (χ3n) is 4.38. The lowest BCUT2D eigenvalue weighted by atomic mass is 10.0. The summed E-state index contributed by atoms with van der Waals surface area (Å²) in [6.07, 6.45) is 0.344. The second kappa shape index (κ2) is 7.74. The first-order chi connectivity index (χ1) is 12.8. The van der Waals surface area contributed by atoms with Gasteiger partial charge >= 0.3 is 0 Å². The Morgan fingerprint density at radius 2 is 1.70 bits per heavy atom. The second-order valence-corrected chi connectivity index (χ2v) is 7.69. The molecular weight excluding hydrogens is 338 g/mol. The number of hydrogen-bond acceptors (Lipinski definition) is 4. The van der Waals surface area contributed by atoms with Crippen LogP contribution in [-0.4, -0.2) is 26.5 Å². The number of benzene rings is 2. The first-order valence-corrected chi connectivity index (χ1v) is 9.07.